The minimum absolute atomic E-state index is 0.209. The number of ether oxygens (including phenoxy) is 1. The second-order valence-corrected chi connectivity index (χ2v) is 6.43. The van der Waals surface area contributed by atoms with E-state index < -0.39 is 0 Å². The molecule has 0 fully saturated rings. The van der Waals surface area contributed by atoms with Crippen LogP contribution in [-0.4, -0.2) is 27.8 Å². The largest absolute Gasteiger partial charge is 0.497 e. The van der Waals surface area contributed by atoms with Crippen molar-refractivity contribution in [3.05, 3.63) is 96.4 Å². The Hall–Kier alpha value is -3.93. The number of carbonyl (C=O) groups excluding carboxylic acids is 1. The van der Waals surface area contributed by atoms with Crippen molar-refractivity contribution in [2.24, 2.45) is 0 Å². The number of hydrogen-bond donors (Lipinski definition) is 1. The normalized spacial score (nSPS) is 10.5. The summed E-state index contributed by atoms with van der Waals surface area (Å²) in [5, 5.41) is 7.63. The van der Waals surface area contributed by atoms with Crippen molar-refractivity contribution in [3.63, 3.8) is 0 Å². The van der Waals surface area contributed by atoms with Gasteiger partial charge in [0, 0.05) is 24.5 Å². The lowest BCUT2D eigenvalue weighted by Crippen LogP contribution is -2.25. The van der Waals surface area contributed by atoms with E-state index in [-0.39, 0.29) is 5.91 Å². The van der Waals surface area contributed by atoms with Crippen LogP contribution >= 0.6 is 0 Å². The summed E-state index contributed by atoms with van der Waals surface area (Å²) in [6.45, 7) is 0.390. The van der Waals surface area contributed by atoms with E-state index in [9.17, 15) is 4.79 Å². The first-order chi connectivity index (χ1) is 14.2. The fraction of sp³-hybridized carbons (Fsp3) is 0.0870. The molecule has 29 heavy (non-hydrogen) atoms. The van der Waals surface area contributed by atoms with Gasteiger partial charge in [-0.05, 0) is 42.0 Å². The summed E-state index contributed by atoms with van der Waals surface area (Å²) in [4.78, 5) is 17.0. The highest BCUT2D eigenvalue weighted by atomic mass is 16.5. The van der Waals surface area contributed by atoms with Crippen LogP contribution in [0.5, 0.6) is 5.75 Å². The minimum Gasteiger partial charge on any atom is -0.497 e. The average Bonchev–Trinajstić information content (AvgIpc) is 3.24. The highest BCUT2D eigenvalue weighted by Crippen LogP contribution is 2.23. The summed E-state index contributed by atoms with van der Waals surface area (Å²) >= 11 is 0. The van der Waals surface area contributed by atoms with E-state index in [1.54, 1.807) is 30.3 Å². The Kier molecular flexibility index (Phi) is 5.33. The van der Waals surface area contributed by atoms with Crippen molar-refractivity contribution >= 4 is 5.91 Å². The third-order valence-electron chi connectivity index (χ3n) is 4.50. The van der Waals surface area contributed by atoms with Gasteiger partial charge in [-0.1, -0.05) is 36.4 Å². The van der Waals surface area contributed by atoms with Crippen LogP contribution in [0.4, 0.5) is 0 Å². The molecule has 0 saturated heterocycles. The van der Waals surface area contributed by atoms with Gasteiger partial charge in [0.25, 0.3) is 5.91 Å². The monoisotopic (exact) mass is 384 g/mol. The van der Waals surface area contributed by atoms with E-state index in [2.05, 4.69) is 15.4 Å². The molecule has 6 heteroatoms. The quantitative estimate of drug-likeness (QED) is 0.548. The lowest BCUT2D eigenvalue weighted by Gasteiger charge is -2.09. The standard InChI is InChI=1S/C23H20N4O2/c1-29-20-11-9-19(10-12-20)27-22(14-21(26-27)18-7-3-2-4-8-18)23(28)25-16-17-6-5-13-24-15-17/h2-15H,16H2,1H3,(H,25,28). The summed E-state index contributed by atoms with van der Waals surface area (Å²) in [7, 11) is 1.62. The maximum atomic E-state index is 13.0. The molecule has 1 N–H and O–H groups in total. The third kappa shape index (κ3) is 4.16. The number of rotatable bonds is 6. The van der Waals surface area contributed by atoms with Crippen molar-refractivity contribution in [1.29, 1.82) is 0 Å². The van der Waals surface area contributed by atoms with Crippen LogP contribution in [0.2, 0.25) is 0 Å². The van der Waals surface area contributed by atoms with Crippen LogP contribution in [0, 0.1) is 0 Å². The molecular weight excluding hydrogens is 364 g/mol. The lowest BCUT2D eigenvalue weighted by molar-refractivity contribution is 0.0943. The summed E-state index contributed by atoms with van der Waals surface area (Å²) in [6, 6.07) is 22.8. The van der Waals surface area contributed by atoms with Gasteiger partial charge >= 0.3 is 0 Å². The van der Waals surface area contributed by atoms with E-state index in [1.165, 1.54) is 0 Å². The van der Waals surface area contributed by atoms with Crippen LogP contribution in [-0.2, 0) is 6.54 Å². The smallest absolute Gasteiger partial charge is 0.270 e. The fourth-order valence-corrected chi connectivity index (χ4v) is 2.99. The minimum atomic E-state index is -0.209. The molecule has 6 nitrogen and oxygen atoms in total. The third-order valence-corrected chi connectivity index (χ3v) is 4.50. The first kappa shape index (κ1) is 18.4. The summed E-state index contributed by atoms with van der Waals surface area (Å²) < 4.78 is 6.88. The van der Waals surface area contributed by atoms with Gasteiger partial charge in [0.2, 0.25) is 0 Å². The number of methoxy groups -OCH3 is 1. The predicted octanol–water partition coefficient (Wildman–Crippen LogP) is 3.87. The lowest BCUT2D eigenvalue weighted by atomic mass is 10.1. The molecule has 0 aliphatic carbocycles. The summed E-state index contributed by atoms with van der Waals surface area (Å²) in [5.74, 6) is 0.533. The highest BCUT2D eigenvalue weighted by molar-refractivity contribution is 5.94. The molecule has 144 valence electrons. The molecule has 4 rings (SSSR count). The van der Waals surface area contributed by atoms with Crippen molar-refractivity contribution < 1.29 is 9.53 Å². The number of nitrogens with one attached hydrogen (secondary N) is 1. The topological polar surface area (TPSA) is 69.0 Å². The number of amides is 1. The molecule has 0 aliphatic heterocycles. The Morgan fingerprint density at radius 3 is 2.52 bits per heavy atom. The number of hydrogen-bond acceptors (Lipinski definition) is 4. The van der Waals surface area contributed by atoms with Crippen molar-refractivity contribution in [3.8, 4) is 22.7 Å². The molecule has 0 saturated carbocycles. The Bertz CT molecular complexity index is 1090. The van der Waals surface area contributed by atoms with Gasteiger partial charge in [0.15, 0.2) is 0 Å². The second-order valence-electron chi connectivity index (χ2n) is 6.43. The SMILES string of the molecule is COc1ccc(-n2nc(-c3ccccc3)cc2C(=O)NCc2cccnc2)cc1. The molecule has 2 aromatic carbocycles. The second kappa shape index (κ2) is 8.39. The molecule has 0 bridgehead atoms. The molecule has 2 heterocycles. The molecule has 4 aromatic rings. The Balaban J connectivity index is 1.68. The van der Waals surface area contributed by atoms with E-state index in [0.29, 0.717) is 12.2 Å². The fourth-order valence-electron chi connectivity index (χ4n) is 2.99. The molecular formula is C23H20N4O2. The molecule has 0 aliphatic rings. The van der Waals surface area contributed by atoms with E-state index in [4.69, 9.17) is 4.74 Å². The van der Waals surface area contributed by atoms with Crippen molar-refractivity contribution in [2.45, 2.75) is 6.54 Å². The number of aromatic nitrogens is 3. The van der Waals surface area contributed by atoms with E-state index in [0.717, 1.165) is 28.3 Å². The average molecular weight is 384 g/mol. The van der Waals surface area contributed by atoms with E-state index >= 15 is 0 Å². The van der Waals surface area contributed by atoms with Gasteiger partial charge in [-0.25, -0.2) is 4.68 Å². The summed E-state index contributed by atoms with van der Waals surface area (Å²) in [5.41, 5.74) is 3.84. The van der Waals surface area contributed by atoms with Gasteiger partial charge in [0.05, 0.1) is 18.5 Å². The van der Waals surface area contributed by atoms with Crippen LogP contribution in [0.15, 0.2) is 85.2 Å². The number of nitrogens with zero attached hydrogens (tertiary/aromatic N) is 3. The Morgan fingerprint density at radius 1 is 1.03 bits per heavy atom. The molecule has 1 amide bonds. The molecule has 0 radical (unpaired) electrons. The van der Waals surface area contributed by atoms with E-state index in [1.807, 2.05) is 66.7 Å². The zero-order chi connectivity index (χ0) is 20.1. The first-order valence-electron chi connectivity index (χ1n) is 9.21. The van der Waals surface area contributed by atoms with Gasteiger partial charge < -0.3 is 10.1 Å². The van der Waals surface area contributed by atoms with Crippen molar-refractivity contribution in [2.75, 3.05) is 7.11 Å². The van der Waals surface area contributed by atoms with Crippen LogP contribution in [0.1, 0.15) is 16.1 Å². The highest BCUT2D eigenvalue weighted by Gasteiger charge is 2.17. The van der Waals surface area contributed by atoms with Gasteiger partial charge in [-0.15, -0.1) is 0 Å². The molecule has 0 spiro atoms. The van der Waals surface area contributed by atoms with Crippen LogP contribution in [0.25, 0.3) is 16.9 Å². The number of benzene rings is 2. The Morgan fingerprint density at radius 2 is 1.83 bits per heavy atom. The zero-order valence-corrected chi connectivity index (χ0v) is 15.9. The molecule has 0 atom stereocenters. The molecule has 2 aromatic heterocycles. The van der Waals surface area contributed by atoms with Gasteiger partial charge in [0.1, 0.15) is 11.4 Å². The number of pyridine rings is 1. The number of carbonyl (C=O) groups is 1. The predicted molar refractivity (Wildman–Crippen MR) is 111 cm³/mol. The first-order valence-corrected chi connectivity index (χ1v) is 9.21. The molecule has 0 unspecified atom stereocenters. The van der Waals surface area contributed by atoms with Gasteiger partial charge in [-0.3, -0.25) is 9.78 Å². The summed E-state index contributed by atoms with van der Waals surface area (Å²) in [6.07, 6.45) is 3.44. The zero-order valence-electron chi connectivity index (χ0n) is 15.9. The van der Waals surface area contributed by atoms with Crippen LogP contribution < -0.4 is 10.1 Å². The van der Waals surface area contributed by atoms with Crippen LogP contribution in [0.3, 0.4) is 0 Å². The maximum Gasteiger partial charge on any atom is 0.270 e. The Labute approximate surface area is 168 Å². The van der Waals surface area contributed by atoms with Gasteiger partial charge in [-0.2, -0.15) is 5.10 Å². The maximum absolute atomic E-state index is 13.0. The van der Waals surface area contributed by atoms with Crippen molar-refractivity contribution in [1.82, 2.24) is 20.1 Å².